The molecule has 3 aromatic rings. The first-order valence-corrected chi connectivity index (χ1v) is 10.8. The van der Waals surface area contributed by atoms with Gasteiger partial charge in [-0.3, -0.25) is 18.9 Å². The number of halogens is 1. The monoisotopic (exact) mass is 455 g/mol. The number of nitrogens with zero attached hydrogens (tertiary/aromatic N) is 3. The summed E-state index contributed by atoms with van der Waals surface area (Å²) in [6.45, 7) is 3.89. The van der Waals surface area contributed by atoms with Crippen molar-refractivity contribution in [3.63, 3.8) is 0 Å². The Morgan fingerprint density at radius 1 is 1.23 bits per heavy atom. The maximum Gasteiger partial charge on any atom is 0.269 e. The quantitative estimate of drug-likeness (QED) is 0.413. The molecule has 1 amide bonds. The molecule has 1 aliphatic rings. The number of carbonyl (C=O) groups excluding carboxylic acids is 1. The molecule has 0 bridgehead atoms. The van der Waals surface area contributed by atoms with Crippen molar-refractivity contribution in [2.24, 2.45) is 0 Å². The molecular formula is C22H18FN3O3S2. The van der Waals surface area contributed by atoms with E-state index >= 15 is 0 Å². The summed E-state index contributed by atoms with van der Waals surface area (Å²) in [7, 11) is 0. The molecule has 6 nitrogen and oxygen atoms in total. The Kier molecular flexibility index (Phi) is 5.88. The minimum absolute atomic E-state index is 0.0246. The van der Waals surface area contributed by atoms with E-state index in [9.17, 15) is 14.0 Å². The molecule has 0 unspecified atom stereocenters. The summed E-state index contributed by atoms with van der Waals surface area (Å²) < 4.78 is 20.9. The van der Waals surface area contributed by atoms with Gasteiger partial charge >= 0.3 is 0 Å². The Bertz CT molecular complexity index is 1270. The molecule has 3 heterocycles. The van der Waals surface area contributed by atoms with Gasteiger partial charge in [0.25, 0.3) is 11.5 Å². The average Bonchev–Trinajstić information content (AvgIpc) is 3.05. The third-order valence-electron chi connectivity index (χ3n) is 4.89. The summed E-state index contributed by atoms with van der Waals surface area (Å²) in [6, 6.07) is 10.5. The Labute approximate surface area is 187 Å². The lowest BCUT2D eigenvalue weighted by Crippen LogP contribution is -2.36. The van der Waals surface area contributed by atoms with Gasteiger partial charge in [-0.1, -0.05) is 37.0 Å². The predicted octanol–water partition coefficient (Wildman–Crippen LogP) is 4.63. The molecular weight excluding hydrogens is 437 g/mol. The van der Waals surface area contributed by atoms with Crippen molar-refractivity contribution in [1.29, 1.82) is 0 Å². The van der Waals surface area contributed by atoms with Gasteiger partial charge in [-0.05, 0) is 55.8 Å². The highest BCUT2D eigenvalue weighted by atomic mass is 32.2. The standard InChI is InChI=1S/C22H18FN3O3S2/c1-3-13(2)26-21(28)17(31-22(26)30)12-16-19(29-15-9-7-14(23)8-10-15)24-18-6-4-5-11-25(18)20(16)27/h4-13H,3H2,1-2H3/b17-12-/t13-/m1/s1. The highest BCUT2D eigenvalue weighted by Gasteiger charge is 2.35. The summed E-state index contributed by atoms with van der Waals surface area (Å²) in [5.41, 5.74) is 0.100. The topological polar surface area (TPSA) is 63.9 Å². The molecule has 1 fully saturated rings. The molecule has 2 aromatic heterocycles. The second-order valence-corrected chi connectivity index (χ2v) is 8.61. The van der Waals surface area contributed by atoms with Crippen molar-refractivity contribution in [3.8, 4) is 11.6 Å². The molecule has 4 rings (SSSR count). The van der Waals surface area contributed by atoms with Crippen molar-refractivity contribution in [1.82, 2.24) is 14.3 Å². The number of benzene rings is 1. The second-order valence-electron chi connectivity index (χ2n) is 6.93. The second kappa shape index (κ2) is 8.60. The van der Waals surface area contributed by atoms with Crippen LogP contribution >= 0.6 is 24.0 Å². The fourth-order valence-corrected chi connectivity index (χ4v) is 4.52. The number of pyridine rings is 1. The lowest BCUT2D eigenvalue weighted by atomic mass is 10.2. The third-order valence-corrected chi connectivity index (χ3v) is 6.22. The van der Waals surface area contributed by atoms with Crippen LogP contribution in [0.3, 0.4) is 0 Å². The van der Waals surface area contributed by atoms with Gasteiger partial charge in [0, 0.05) is 12.2 Å². The largest absolute Gasteiger partial charge is 0.438 e. The first-order chi connectivity index (χ1) is 14.9. The van der Waals surface area contributed by atoms with Gasteiger partial charge in [0.15, 0.2) is 0 Å². The average molecular weight is 456 g/mol. The number of carbonyl (C=O) groups is 1. The molecule has 31 heavy (non-hydrogen) atoms. The van der Waals surface area contributed by atoms with E-state index < -0.39 is 11.4 Å². The number of amides is 1. The Morgan fingerprint density at radius 3 is 2.68 bits per heavy atom. The van der Waals surface area contributed by atoms with Crippen LogP contribution in [0.25, 0.3) is 11.7 Å². The maximum absolute atomic E-state index is 13.3. The highest BCUT2D eigenvalue weighted by Crippen LogP contribution is 2.35. The lowest BCUT2D eigenvalue weighted by Gasteiger charge is -2.21. The van der Waals surface area contributed by atoms with Gasteiger partial charge in [0.1, 0.15) is 27.1 Å². The van der Waals surface area contributed by atoms with Crippen molar-refractivity contribution >= 4 is 45.9 Å². The molecule has 0 radical (unpaired) electrons. The molecule has 0 spiro atoms. The van der Waals surface area contributed by atoms with Crippen LogP contribution in [0, 0.1) is 5.82 Å². The van der Waals surface area contributed by atoms with Crippen LogP contribution < -0.4 is 10.3 Å². The van der Waals surface area contributed by atoms with Crippen LogP contribution in [0.15, 0.2) is 58.4 Å². The normalized spacial score (nSPS) is 16.4. The zero-order valence-corrected chi connectivity index (χ0v) is 18.4. The molecule has 1 aromatic carbocycles. The van der Waals surface area contributed by atoms with E-state index in [0.717, 1.165) is 18.2 Å². The number of thiocarbonyl (C=S) groups is 1. The fourth-order valence-electron chi connectivity index (χ4n) is 3.07. The van der Waals surface area contributed by atoms with Crippen LogP contribution in [0.1, 0.15) is 25.8 Å². The molecule has 1 aliphatic heterocycles. The van der Waals surface area contributed by atoms with Crippen LogP contribution in [0.4, 0.5) is 4.39 Å². The van der Waals surface area contributed by atoms with Crippen LogP contribution in [-0.2, 0) is 4.79 Å². The van der Waals surface area contributed by atoms with E-state index in [0.29, 0.717) is 20.6 Å². The zero-order chi connectivity index (χ0) is 22.1. The van der Waals surface area contributed by atoms with Crippen LogP contribution in [-0.4, -0.2) is 30.6 Å². The van der Waals surface area contributed by atoms with Gasteiger partial charge in [-0.2, -0.15) is 4.98 Å². The number of rotatable bonds is 5. The van der Waals surface area contributed by atoms with E-state index in [4.69, 9.17) is 17.0 Å². The van der Waals surface area contributed by atoms with Crippen molar-refractivity contribution in [3.05, 3.63) is 75.3 Å². The SMILES string of the molecule is CC[C@@H](C)N1C(=O)/C(=C/c2c(Oc3ccc(F)cc3)nc3ccccn3c2=O)SC1=S. The van der Waals surface area contributed by atoms with Gasteiger partial charge < -0.3 is 4.74 Å². The number of ether oxygens (including phenoxy) is 1. The van der Waals surface area contributed by atoms with E-state index in [1.54, 1.807) is 29.3 Å². The predicted molar refractivity (Wildman–Crippen MR) is 123 cm³/mol. The summed E-state index contributed by atoms with van der Waals surface area (Å²) in [5.74, 6) is -0.325. The van der Waals surface area contributed by atoms with Gasteiger partial charge in [0.2, 0.25) is 5.88 Å². The minimum Gasteiger partial charge on any atom is -0.438 e. The number of aromatic nitrogens is 2. The van der Waals surface area contributed by atoms with Crippen molar-refractivity contribution in [2.75, 3.05) is 0 Å². The summed E-state index contributed by atoms with van der Waals surface area (Å²) >= 11 is 6.51. The zero-order valence-electron chi connectivity index (χ0n) is 16.7. The smallest absolute Gasteiger partial charge is 0.269 e. The molecule has 0 N–H and O–H groups in total. The lowest BCUT2D eigenvalue weighted by molar-refractivity contribution is -0.123. The first-order valence-electron chi connectivity index (χ1n) is 9.61. The molecule has 9 heteroatoms. The molecule has 0 saturated carbocycles. The third kappa shape index (κ3) is 4.11. The Morgan fingerprint density at radius 2 is 1.97 bits per heavy atom. The summed E-state index contributed by atoms with van der Waals surface area (Å²) in [4.78, 5) is 32.5. The first kappa shape index (κ1) is 21.2. The maximum atomic E-state index is 13.3. The van der Waals surface area contributed by atoms with Crippen LogP contribution in [0.2, 0.25) is 0 Å². The van der Waals surface area contributed by atoms with Crippen molar-refractivity contribution in [2.45, 2.75) is 26.3 Å². The number of hydrogen-bond acceptors (Lipinski definition) is 6. The van der Waals surface area contributed by atoms with Crippen molar-refractivity contribution < 1.29 is 13.9 Å². The Balaban J connectivity index is 1.84. The minimum atomic E-state index is -0.409. The molecule has 0 aliphatic carbocycles. The highest BCUT2D eigenvalue weighted by molar-refractivity contribution is 8.26. The molecule has 1 atom stereocenters. The Hall–Kier alpha value is -3.04. The summed E-state index contributed by atoms with van der Waals surface area (Å²) in [5, 5.41) is 0. The van der Waals surface area contributed by atoms with E-state index in [2.05, 4.69) is 4.98 Å². The fraction of sp³-hybridized carbons (Fsp3) is 0.182. The molecule has 158 valence electrons. The van der Waals surface area contributed by atoms with Gasteiger partial charge in [0.05, 0.1) is 4.91 Å². The van der Waals surface area contributed by atoms with E-state index in [1.165, 1.54) is 34.7 Å². The van der Waals surface area contributed by atoms with Crippen LogP contribution in [0.5, 0.6) is 11.6 Å². The van der Waals surface area contributed by atoms with E-state index in [1.807, 2.05) is 13.8 Å². The van der Waals surface area contributed by atoms with Gasteiger partial charge in [-0.25, -0.2) is 4.39 Å². The van der Waals surface area contributed by atoms with Gasteiger partial charge in [-0.15, -0.1) is 0 Å². The van der Waals surface area contributed by atoms with E-state index in [-0.39, 0.29) is 23.4 Å². The molecule has 1 saturated heterocycles. The number of thioether (sulfide) groups is 1. The number of fused-ring (bicyclic) bond motifs is 1. The summed E-state index contributed by atoms with van der Waals surface area (Å²) in [6.07, 6.45) is 3.81. The number of hydrogen-bond donors (Lipinski definition) is 0.